The van der Waals surface area contributed by atoms with E-state index in [0.717, 1.165) is 37.9 Å². The normalized spacial score (nSPS) is 36.1. The van der Waals surface area contributed by atoms with Gasteiger partial charge in [-0.2, -0.15) is 5.26 Å². The molecule has 1 N–H and O–H groups in total. The molecule has 3 nitrogen and oxygen atoms in total. The number of hydrogen-bond acceptors (Lipinski definition) is 3. The Balaban J connectivity index is 2.19. The molecule has 0 amide bonds. The topological polar surface area (TPSA) is 39.1 Å². The number of rotatable bonds is 2. The van der Waals surface area contributed by atoms with E-state index in [0.29, 0.717) is 0 Å². The fourth-order valence-corrected chi connectivity index (χ4v) is 3.36. The van der Waals surface area contributed by atoms with Crippen LogP contribution in [0.2, 0.25) is 0 Å². The van der Waals surface area contributed by atoms with Crippen molar-refractivity contribution in [3.05, 3.63) is 0 Å². The van der Waals surface area contributed by atoms with Gasteiger partial charge in [0.25, 0.3) is 0 Å². The summed E-state index contributed by atoms with van der Waals surface area (Å²) >= 11 is 0. The molecule has 0 bridgehead atoms. The van der Waals surface area contributed by atoms with Crippen molar-refractivity contribution in [2.45, 2.75) is 38.8 Å². The van der Waals surface area contributed by atoms with Gasteiger partial charge >= 0.3 is 0 Å². The molecule has 0 aromatic rings. The first kappa shape index (κ1) is 10.9. The van der Waals surface area contributed by atoms with E-state index in [1.807, 2.05) is 0 Å². The first-order valence-electron chi connectivity index (χ1n) is 5.98. The average molecular weight is 207 g/mol. The van der Waals surface area contributed by atoms with Gasteiger partial charge in [-0.3, -0.25) is 4.90 Å². The average Bonchev–Trinajstić information content (AvgIpc) is 2.73. The van der Waals surface area contributed by atoms with E-state index in [2.05, 4.69) is 37.1 Å². The summed E-state index contributed by atoms with van der Waals surface area (Å²) in [6, 6.07) is 2.55. The summed E-state index contributed by atoms with van der Waals surface area (Å²) in [6.07, 6.45) is 0.937. The lowest BCUT2D eigenvalue weighted by Gasteiger charge is -2.38. The van der Waals surface area contributed by atoms with Gasteiger partial charge in [0.05, 0.1) is 12.1 Å². The molecule has 0 aromatic heterocycles. The fourth-order valence-electron chi connectivity index (χ4n) is 3.36. The van der Waals surface area contributed by atoms with E-state index in [9.17, 15) is 5.26 Å². The van der Waals surface area contributed by atoms with Gasteiger partial charge in [0.2, 0.25) is 0 Å². The minimum Gasteiger partial charge on any atom is -0.316 e. The first-order valence-corrected chi connectivity index (χ1v) is 5.98. The number of likely N-dealkylation sites (tertiary alicyclic amines) is 1. The molecule has 3 unspecified atom stereocenters. The van der Waals surface area contributed by atoms with Crippen molar-refractivity contribution >= 4 is 0 Å². The van der Waals surface area contributed by atoms with Gasteiger partial charge in [0.15, 0.2) is 0 Å². The molecular formula is C12H21N3. The lowest BCUT2D eigenvalue weighted by atomic mass is 9.84. The van der Waals surface area contributed by atoms with Crippen LogP contribution in [-0.4, -0.2) is 36.1 Å². The van der Waals surface area contributed by atoms with Crippen molar-refractivity contribution in [1.29, 1.82) is 5.26 Å². The molecule has 3 atom stereocenters. The molecule has 0 spiro atoms. The number of nitrogens with one attached hydrogen (secondary N) is 1. The van der Waals surface area contributed by atoms with E-state index in [1.54, 1.807) is 0 Å². The Labute approximate surface area is 92.4 Å². The monoisotopic (exact) mass is 207 g/mol. The summed E-state index contributed by atoms with van der Waals surface area (Å²) in [7, 11) is 0. The summed E-state index contributed by atoms with van der Waals surface area (Å²) in [6.45, 7) is 10.0. The van der Waals surface area contributed by atoms with Gasteiger partial charge in [0.1, 0.15) is 0 Å². The zero-order valence-electron chi connectivity index (χ0n) is 9.95. The Morgan fingerprint density at radius 1 is 1.53 bits per heavy atom. The Hall–Kier alpha value is -0.590. The Morgan fingerprint density at radius 3 is 2.80 bits per heavy atom. The van der Waals surface area contributed by atoms with Crippen LogP contribution >= 0.6 is 0 Å². The Kier molecular flexibility index (Phi) is 2.74. The molecule has 3 heteroatoms. The quantitative estimate of drug-likeness (QED) is 0.740. The highest BCUT2D eigenvalue weighted by Gasteiger charge is 2.51. The first-order chi connectivity index (χ1) is 7.11. The third-order valence-electron chi connectivity index (χ3n) is 4.33. The lowest BCUT2D eigenvalue weighted by molar-refractivity contribution is 0.111. The molecule has 2 heterocycles. The zero-order valence-corrected chi connectivity index (χ0v) is 9.95. The van der Waals surface area contributed by atoms with Gasteiger partial charge < -0.3 is 5.32 Å². The van der Waals surface area contributed by atoms with Crippen molar-refractivity contribution < 1.29 is 0 Å². The van der Waals surface area contributed by atoms with Crippen LogP contribution in [0.3, 0.4) is 0 Å². The summed E-state index contributed by atoms with van der Waals surface area (Å²) in [5.74, 6) is 1.47. The summed E-state index contributed by atoms with van der Waals surface area (Å²) in [5, 5.41) is 12.6. The second-order valence-electron chi connectivity index (χ2n) is 5.38. The minimum absolute atomic E-state index is 0.102. The molecule has 2 aliphatic heterocycles. The second-order valence-corrected chi connectivity index (χ2v) is 5.38. The van der Waals surface area contributed by atoms with E-state index in [4.69, 9.17) is 0 Å². The standard InChI is InChI=1S/C12H21N3/c1-4-10(5-13)15-8-9-6-14-7-11(9)12(15,2)3/h9-11,14H,4,6-8H2,1-3H3. The molecular weight excluding hydrogens is 186 g/mol. The highest BCUT2D eigenvalue weighted by atomic mass is 15.3. The number of fused-ring (bicyclic) bond motifs is 1. The van der Waals surface area contributed by atoms with Crippen molar-refractivity contribution in [2.24, 2.45) is 11.8 Å². The SMILES string of the molecule is CCC(C#N)N1CC2CNCC2C1(C)C. The third-order valence-corrected chi connectivity index (χ3v) is 4.33. The molecule has 84 valence electrons. The van der Waals surface area contributed by atoms with Crippen LogP contribution in [0.15, 0.2) is 0 Å². The van der Waals surface area contributed by atoms with Crippen molar-refractivity contribution in [3.63, 3.8) is 0 Å². The van der Waals surface area contributed by atoms with E-state index in [-0.39, 0.29) is 11.6 Å². The van der Waals surface area contributed by atoms with Gasteiger partial charge in [-0.05, 0) is 38.6 Å². The zero-order chi connectivity index (χ0) is 11.1. The maximum atomic E-state index is 9.17. The Morgan fingerprint density at radius 2 is 2.27 bits per heavy atom. The van der Waals surface area contributed by atoms with Crippen LogP contribution < -0.4 is 5.32 Å². The summed E-state index contributed by atoms with van der Waals surface area (Å²) in [5.41, 5.74) is 0.185. The third kappa shape index (κ3) is 1.56. The van der Waals surface area contributed by atoms with E-state index < -0.39 is 0 Å². The maximum Gasteiger partial charge on any atom is 0.0979 e. The van der Waals surface area contributed by atoms with Crippen molar-refractivity contribution in [2.75, 3.05) is 19.6 Å². The van der Waals surface area contributed by atoms with Gasteiger partial charge in [-0.1, -0.05) is 6.92 Å². The molecule has 2 rings (SSSR count). The smallest absolute Gasteiger partial charge is 0.0979 e. The Bertz CT molecular complexity index is 279. The van der Waals surface area contributed by atoms with Gasteiger partial charge in [-0.15, -0.1) is 0 Å². The molecule has 0 radical (unpaired) electrons. The maximum absolute atomic E-state index is 9.17. The van der Waals surface area contributed by atoms with Crippen molar-refractivity contribution in [1.82, 2.24) is 10.2 Å². The highest BCUT2D eigenvalue weighted by Crippen LogP contribution is 2.41. The highest BCUT2D eigenvalue weighted by molar-refractivity contribution is 5.09. The molecule has 0 aromatic carbocycles. The van der Waals surface area contributed by atoms with Gasteiger partial charge in [0, 0.05) is 18.6 Å². The minimum atomic E-state index is 0.102. The number of hydrogen-bond donors (Lipinski definition) is 1. The van der Waals surface area contributed by atoms with Crippen LogP contribution in [-0.2, 0) is 0 Å². The van der Waals surface area contributed by atoms with Crippen LogP contribution in [0.5, 0.6) is 0 Å². The van der Waals surface area contributed by atoms with Crippen LogP contribution in [0, 0.1) is 23.2 Å². The van der Waals surface area contributed by atoms with Crippen LogP contribution in [0.4, 0.5) is 0 Å². The van der Waals surface area contributed by atoms with Crippen LogP contribution in [0.25, 0.3) is 0 Å². The summed E-state index contributed by atoms with van der Waals surface area (Å²) in [4.78, 5) is 2.42. The molecule has 2 saturated heterocycles. The number of nitrogens with zero attached hydrogens (tertiary/aromatic N) is 2. The second kappa shape index (κ2) is 3.77. The number of nitriles is 1. The van der Waals surface area contributed by atoms with Crippen LogP contribution in [0.1, 0.15) is 27.2 Å². The molecule has 2 aliphatic rings. The van der Waals surface area contributed by atoms with Crippen molar-refractivity contribution in [3.8, 4) is 6.07 Å². The lowest BCUT2D eigenvalue weighted by Crippen LogP contribution is -2.49. The predicted octanol–water partition coefficient (Wildman–Crippen LogP) is 1.22. The van der Waals surface area contributed by atoms with Gasteiger partial charge in [-0.25, -0.2) is 0 Å². The summed E-state index contributed by atoms with van der Waals surface area (Å²) < 4.78 is 0. The molecule has 0 saturated carbocycles. The molecule has 15 heavy (non-hydrogen) atoms. The van der Waals surface area contributed by atoms with E-state index >= 15 is 0 Å². The molecule has 2 fully saturated rings. The van der Waals surface area contributed by atoms with E-state index in [1.165, 1.54) is 0 Å². The fraction of sp³-hybridized carbons (Fsp3) is 0.917. The molecule has 0 aliphatic carbocycles. The predicted molar refractivity (Wildman–Crippen MR) is 60.3 cm³/mol. The largest absolute Gasteiger partial charge is 0.316 e.